The Morgan fingerprint density at radius 1 is 1.05 bits per heavy atom. The molecule has 106 valence electrons. The third kappa shape index (κ3) is 2.85. The summed E-state index contributed by atoms with van der Waals surface area (Å²) in [7, 11) is 0. The maximum absolute atomic E-state index is 12.5. The van der Waals surface area contributed by atoms with E-state index in [1.165, 1.54) is 11.8 Å². The number of carbonyl (C=O) groups excluding carboxylic acids is 1. The van der Waals surface area contributed by atoms with Crippen molar-refractivity contribution in [3.8, 4) is 11.1 Å². The van der Waals surface area contributed by atoms with Crippen molar-refractivity contribution in [2.45, 2.75) is 0 Å². The van der Waals surface area contributed by atoms with Gasteiger partial charge in [-0.15, -0.1) is 0 Å². The molecule has 0 spiro atoms. The number of carbonyl (C=O) groups is 1. The molecule has 0 radical (unpaired) electrons. The molecule has 3 nitrogen and oxygen atoms in total. The van der Waals surface area contributed by atoms with Crippen molar-refractivity contribution in [2.24, 2.45) is 4.99 Å². The molecule has 0 aliphatic carbocycles. The average molecular weight is 296 g/mol. The van der Waals surface area contributed by atoms with Crippen molar-refractivity contribution in [2.75, 3.05) is 19.3 Å². The minimum Gasteiger partial charge on any atom is -0.286 e. The largest absolute Gasteiger partial charge is 0.286 e. The molecule has 1 aliphatic heterocycles. The Morgan fingerprint density at radius 3 is 2.38 bits per heavy atom. The number of amidine groups is 1. The normalized spacial score (nSPS) is 14.1. The van der Waals surface area contributed by atoms with Crippen LogP contribution in [0.3, 0.4) is 0 Å². The molecule has 1 amide bonds. The number of rotatable bonds is 2. The summed E-state index contributed by atoms with van der Waals surface area (Å²) < 4.78 is 0. The van der Waals surface area contributed by atoms with E-state index >= 15 is 0 Å². The Kier molecular flexibility index (Phi) is 4.06. The van der Waals surface area contributed by atoms with Gasteiger partial charge < -0.3 is 0 Å². The Labute approximate surface area is 128 Å². The van der Waals surface area contributed by atoms with Gasteiger partial charge in [0.25, 0.3) is 5.91 Å². The fraction of sp³-hybridized carbons (Fsp3) is 0.176. The van der Waals surface area contributed by atoms with Crippen molar-refractivity contribution < 1.29 is 4.79 Å². The van der Waals surface area contributed by atoms with Crippen LogP contribution in [0.2, 0.25) is 0 Å². The number of aliphatic imine (C=N–C) groups is 1. The maximum atomic E-state index is 12.5. The topological polar surface area (TPSA) is 32.7 Å². The SMILES string of the molecule is CSC1=NCCN1C(=O)c1ccc(-c2ccccc2)cc1. The molecule has 0 saturated carbocycles. The van der Waals surface area contributed by atoms with E-state index in [0.717, 1.165) is 16.3 Å². The second-order valence-corrected chi connectivity index (χ2v) is 5.54. The lowest BCUT2D eigenvalue weighted by molar-refractivity contribution is 0.0860. The van der Waals surface area contributed by atoms with Crippen LogP contribution < -0.4 is 0 Å². The zero-order valence-corrected chi connectivity index (χ0v) is 12.6. The van der Waals surface area contributed by atoms with Gasteiger partial charge in [0.2, 0.25) is 0 Å². The number of hydrogen-bond acceptors (Lipinski definition) is 3. The monoisotopic (exact) mass is 296 g/mol. The molecule has 1 aliphatic rings. The van der Waals surface area contributed by atoms with Crippen LogP contribution in [0.4, 0.5) is 0 Å². The molecule has 0 fully saturated rings. The molecule has 0 saturated heterocycles. The highest BCUT2D eigenvalue weighted by molar-refractivity contribution is 8.13. The number of thioether (sulfide) groups is 1. The lowest BCUT2D eigenvalue weighted by Crippen LogP contribution is -2.32. The molecule has 0 N–H and O–H groups in total. The van der Waals surface area contributed by atoms with Gasteiger partial charge in [-0.2, -0.15) is 0 Å². The number of hydrogen-bond donors (Lipinski definition) is 0. The molecule has 2 aromatic rings. The standard InChI is InChI=1S/C17H16N2OS/c1-21-17-18-11-12-19(17)16(20)15-9-7-14(8-10-15)13-5-3-2-4-6-13/h2-10H,11-12H2,1H3. The van der Waals surface area contributed by atoms with E-state index in [4.69, 9.17) is 0 Å². The highest BCUT2D eigenvalue weighted by Crippen LogP contribution is 2.21. The summed E-state index contributed by atoms with van der Waals surface area (Å²) in [5.74, 6) is 0.0280. The first-order chi connectivity index (χ1) is 10.3. The zero-order valence-electron chi connectivity index (χ0n) is 11.8. The average Bonchev–Trinajstić information content (AvgIpc) is 3.04. The highest BCUT2D eigenvalue weighted by atomic mass is 32.2. The molecular weight excluding hydrogens is 280 g/mol. The summed E-state index contributed by atoms with van der Waals surface area (Å²) in [5.41, 5.74) is 2.98. The molecule has 0 bridgehead atoms. The lowest BCUT2D eigenvalue weighted by Gasteiger charge is -2.16. The van der Waals surface area contributed by atoms with Gasteiger partial charge in [0.15, 0.2) is 5.17 Å². The van der Waals surface area contributed by atoms with E-state index in [1.807, 2.05) is 48.7 Å². The molecule has 0 aromatic heterocycles. The number of amides is 1. The Bertz CT molecular complexity index is 665. The first-order valence-electron chi connectivity index (χ1n) is 6.85. The minimum atomic E-state index is 0.0280. The fourth-order valence-corrected chi connectivity index (χ4v) is 3.00. The van der Waals surface area contributed by atoms with Crippen LogP contribution in [0.5, 0.6) is 0 Å². The van der Waals surface area contributed by atoms with Crippen LogP contribution in [0.25, 0.3) is 11.1 Å². The van der Waals surface area contributed by atoms with Gasteiger partial charge >= 0.3 is 0 Å². The van der Waals surface area contributed by atoms with Crippen LogP contribution in [-0.4, -0.2) is 35.3 Å². The first kappa shape index (κ1) is 13.9. The van der Waals surface area contributed by atoms with E-state index in [-0.39, 0.29) is 5.91 Å². The van der Waals surface area contributed by atoms with Gasteiger partial charge in [-0.1, -0.05) is 54.2 Å². The Morgan fingerprint density at radius 2 is 1.71 bits per heavy atom. The smallest absolute Gasteiger partial charge is 0.259 e. The summed E-state index contributed by atoms with van der Waals surface area (Å²) in [4.78, 5) is 18.6. The third-order valence-electron chi connectivity index (χ3n) is 3.47. The molecule has 2 aromatic carbocycles. The van der Waals surface area contributed by atoms with E-state index in [9.17, 15) is 4.79 Å². The van der Waals surface area contributed by atoms with Crippen LogP contribution in [0.15, 0.2) is 59.6 Å². The molecule has 3 rings (SSSR count). The van der Waals surface area contributed by atoms with Crippen LogP contribution in [0, 0.1) is 0 Å². The molecular formula is C17H16N2OS. The van der Waals surface area contributed by atoms with Crippen molar-refractivity contribution in [3.63, 3.8) is 0 Å². The summed E-state index contributed by atoms with van der Waals surface area (Å²) in [6.07, 6.45) is 1.95. The third-order valence-corrected chi connectivity index (χ3v) is 4.18. The summed E-state index contributed by atoms with van der Waals surface area (Å²) in [6.45, 7) is 1.37. The van der Waals surface area contributed by atoms with E-state index in [0.29, 0.717) is 18.7 Å². The molecule has 1 heterocycles. The van der Waals surface area contributed by atoms with Crippen LogP contribution in [-0.2, 0) is 0 Å². The van der Waals surface area contributed by atoms with Crippen molar-refractivity contribution in [3.05, 3.63) is 60.2 Å². The first-order valence-corrected chi connectivity index (χ1v) is 8.08. The number of benzene rings is 2. The Hall–Kier alpha value is -2.07. The number of nitrogens with zero attached hydrogens (tertiary/aromatic N) is 2. The zero-order chi connectivity index (χ0) is 14.7. The van der Waals surface area contributed by atoms with Crippen molar-refractivity contribution in [1.29, 1.82) is 0 Å². The molecule has 4 heteroatoms. The summed E-state index contributed by atoms with van der Waals surface area (Å²) in [6, 6.07) is 17.9. The van der Waals surface area contributed by atoms with E-state index in [2.05, 4.69) is 17.1 Å². The van der Waals surface area contributed by atoms with Crippen LogP contribution in [0.1, 0.15) is 10.4 Å². The quantitative estimate of drug-likeness (QED) is 0.849. The van der Waals surface area contributed by atoms with Gasteiger partial charge in [0.1, 0.15) is 0 Å². The predicted molar refractivity (Wildman–Crippen MR) is 88.7 cm³/mol. The highest BCUT2D eigenvalue weighted by Gasteiger charge is 2.23. The van der Waals surface area contributed by atoms with Gasteiger partial charge in [-0.05, 0) is 29.5 Å². The van der Waals surface area contributed by atoms with Gasteiger partial charge in [-0.3, -0.25) is 14.7 Å². The van der Waals surface area contributed by atoms with E-state index in [1.54, 1.807) is 4.90 Å². The van der Waals surface area contributed by atoms with Gasteiger partial charge in [-0.25, -0.2) is 0 Å². The van der Waals surface area contributed by atoms with E-state index < -0.39 is 0 Å². The van der Waals surface area contributed by atoms with Crippen LogP contribution >= 0.6 is 11.8 Å². The molecule has 0 atom stereocenters. The van der Waals surface area contributed by atoms with Crippen molar-refractivity contribution in [1.82, 2.24) is 4.90 Å². The van der Waals surface area contributed by atoms with Crippen molar-refractivity contribution >= 4 is 22.8 Å². The summed E-state index contributed by atoms with van der Waals surface area (Å²) in [5, 5.41) is 0.812. The predicted octanol–water partition coefficient (Wildman–Crippen LogP) is 3.53. The summed E-state index contributed by atoms with van der Waals surface area (Å²) >= 11 is 1.52. The van der Waals surface area contributed by atoms with Gasteiger partial charge in [0, 0.05) is 12.1 Å². The maximum Gasteiger partial charge on any atom is 0.259 e. The second kappa shape index (κ2) is 6.14. The Balaban J connectivity index is 1.81. The second-order valence-electron chi connectivity index (χ2n) is 4.77. The minimum absolute atomic E-state index is 0.0280. The molecule has 0 unspecified atom stereocenters. The van der Waals surface area contributed by atoms with Gasteiger partial charge in [0.05, 0.1) is 6.54 Å². The molecule has 21 heavy (non-hydrogen) atoms. The lowest BCUT2D eigenvalue weighted by atomic mass is 10.0. The fourth-order valence-electron chi connectivity index (χ4n) is 2.38.